The number of carbonyl (C=O) groups is 2. The van der Waals surface area contributed by atoms with Crippen LogP contribution in [0, 0.1) is 5.92 Å². The number of carbonyl (C=O) groups excluding carboxylic acids is 2. The van der Waals surface area contributed by atoms with Crippen LogP contribution in [0.4, 0.5) is 0 Å². The molecule has 2 heterocycles. The smallest absolute Gasteiger partial charge is 0.268 e. The second-order valence-corrected chi connectivity index (χ2v) is 7.36. The minimum absolute atomic E-state index is 0.00985. The number of aromatic nitrogens is 1. The van der Waals surface area contributed by atoms with Crippen LogP contribution in [0.3, 0.4) is 0 Å². The second-order valence-electron chi connectivity index (χ2n) is 7.36. The number of nitrogens with one attached hydrogen (secondary N) is 1. The molecule has 2 amide bonds. The number of benzene rings is 1. The van der Waals surface area contributed by atoms with E-state index in [9.17, 15) is 9.59 Å². The van der Waals surface area contributed by atoms with Crippen molar-refractivity contribution in [1.29, 1.82) is 0 Å². The highest BCUT2D eigenvalue weighted by atomic mass is 16.2. The van der Waals surface area contributed by atoms with Gasteiger partial charge in [0.2, 0.25) is 5.91 Å². The van der Waals surface area contributed by atoms with Crippen molar-refractivity contribution in [3.63, 3.8) is 0 Å². The van der Waals surface area contributed by atoms with Gasteiger partial charge in [0.05, 0.1) is 6.04 Å². The first-order valence-corrected chi connectivity index (χ1v) is 9.28. The van der Waals surface area contributed by atoms with Gasteiger partial charge in [-0.2, -0.15) is 0 Å². The van der Waals surface area contributed by atoms with E-state index in [0.29, 0.717) is 24.7 Å². The summed E-state index contributed by atoms with van der Waals surface area (Å²) in [6, 6.07) is 9.53. The standard InChI is InChI=1S/C20H28N4O2/c1-13(21)20(26)24-10-8-15(9-11-24)14(2)22-19(25)18-12-16-6-4-5-7-17(16)23(18)3/h4-7,12-15H,8-11,21H2,1-3H3,(H,22,25). The van der Waals surface area contributed by atoms with E-state index < -0.39 is 6.04 Å². The number of amides is 2. The summed E-state index contributed by atoms with van der Waals surface area (Å²) in [5, 5.41) is 4.21. The molecule has 6 nitrogen and oxygen atoms in total. The molecule has 0 radical (unpaired) electrons. The molecule has 1 aliphatic heterocycles. The first-order chi connectivity index (χ1) is 12.4. The van der Waals surface area contributed by atoms with Crippen LogP contribution in [0.25, 0.3) is 10.9 Å². The van der Waals surface area contributed by atoms with Gasteiger partial charge in [0, 0.05) is 37.1 Å². The average Bonchev–Trinajstić information content (AvgIpc) is 2.98. The quantitative estimate of drug-likeness (QED) is 0.878. The van der Waals surface area contributed by atoms with E-state index in [1.165, 1.54) is 0 Å². The third-order valence-electron chi connectivity index (χ3n) is 5.49. The summed E-state index contributed by atoms with van der Waals surface area (Å²) in [4.78, 5) is 26.6. The Morgan fingerprint density at radius 3 is 2.46 bits per heavy atom. The Morgan fingerprint density at radius 1 is 1.19 bits per heavy atom. The Kier molecular flexibility index (Phi) is 5.32. The number of piperidine rings is 1. The van der Waals surface area contributed by atoms with Crippen molar-refractivity contribution in [1.82, 2.24) is 14.8 Å². The van der Waals surface area contributed by atoms with Crippen molar-refractivity contribution in [2.45, 2.75) is 38.8 Å². The molecule has 0 aliphatic carbocycles. The maximum absolute atomic E-state index is 12.7. The molecule has 3 rings (SSSR count). The topological polar surface area (TPSA) is 80.4 Å². The van der Waals surface area contributed by atoms with Crippen LogP contribution in [0.1, 0.15) is 37.2 Å². The van der Waals surface area contributed by atoms with Crippen molar-refractivity contribution in [2.75, 3.05) is 13.1 Å². The lowest BCUT2D eigenvalue weighted by Gasteiger charge is -2.35. The van der Waals surface area contributed by atoms with Crippen molar-refractivity contribution < 1.29 is 9.59 Å². The van der Waals surface area contributed by atoms with Gasteiger partial charge in [-0.15, -0.1) is 0 Å². The number of nitrogens with zero attached hydrogens (tertiary/aromatic N) is 2. The molecule has 1 aromatic carbocycles. The van der Waals surface area contributed by atoms with Gasteiger partial charge in [-0.25, -0.2) is 0 Å². The van der Waals surface area contributed by atoms with Crippen LogP contribution in [-0.2, 0) is 11.8 Å². The predicted molar refractivity (Wildman–Crippen MR) is 103 cm³/mol. The lowest BCUT2D eigenvalue weighted by atomic mass is 9.90. The van der Waals surface area contributed by atoms with Crippen LogP contribution >= 0.6 is 0 Å². The Morgan fingerprint density at radius 2 is 1.85 bits per heavy atom. The Balaban J connectivity index is 1.61. The molecule has 0 spiro atoms. The van der Waals surface area contributed by atoms with Gasteiger partial charge in [-0.1, -0.05) is 18.2 Å². The zero-order valence-corrected chi connectivity index (χ0v) is 15.7. The first kappa shape index (κ1) is 18.5. The molecular formula is C20H28N4O2. The number of nitrogens with two attached hydrogens (primary N) is 1. The fraction of sp³-hybridized carbons (Fsp3) is 0.500. The summed E-state index contributed by atoms with van der Waals surface area (Å²) in [6.45, 7) is 5.19. The largest absolute Gasteiger partial charge is 0.348 e. The molecule has 140 valence electrons. The molecule has 26 heavy (non-hydrogen) atoms. The molecule has 1 saturated heterocycles. The molecular weight excluding hydrogens is 328 g/mol. The number of hydrogen-bond donors (Lipinski definition) is 2. The first-order valence-electron chi connectivity index (χ1n) is 9.28. The van der Waals surface area contributed by atoms with Crippen molar-refractivity contribution >= 4 is 22.7 Å². The zero-order chi connectivity index (χ0) is 18.8. The summed E-state index contributed by atoms with van der Waals surface area (Å²) in [5.74, 6) is 0.326. The Labute approximate surface area is 154 Å². The van der Waals surface area contributed by atoms with E-state index in [1.807, 2.05) is 53.8 Å². The number of fused-ring (bicyclic) bond motifs is 1. The third-order valence-corrected chi connectivity index (χ3v) is 5.49. The average molecular weight is 356 g/mol. The highest BCUT2D eigenvalue weighted by molar-refractivity contribution is 5.98. The molecule has 2 unspecified atom stereocenters. The van der Waals surface area contributed by atoms with E-state index in [-0.39, 0.29) is 17.9 Å². The Hall–Kier alpha value is -2.34. The molecule has 2 atom stereocenters. The summed E-state index contributed by atoms with van der Waals surface area (Å²) in [5.41, 5.74) is 7.41. The van der Waals surface area contributed by atoms with Gasteiger partial charge in [0.25, 0.3) is 5.91 Å². The summed E-state index contributed by atoms with van der Waals surface area (Å²) < 4.78 is 1.93. The summed E-state index contributed by atoms with van der Waals surface area (Å²) >= 11 is 0. The van der Waals surface area contributed by atoms with E-state index in [4.69, 9.17) is 5.73 Å². The van der Waals surface area contributed by atoms with Crippen LogP contribution in [-0.4, -0.2) is 46.5 Å². The molecule has 1 aromatic heterocycles. The molecule has 1 fully saturated rings. The van der Waals surface area contributed by atoms with Crippen LogP contribution in [0.2, 0.25) is 0 Å². The van der Waals surface area contributed by atoms with Crippen molar-refractivity contribution in [3.05, 3.63) is 36.0 Å². The number of likely N-dealkylation sites (tertiary alicyclic amines) is 1. The number of hydrogen-bond acceptors (Lipinski definition) is 3. The minimum atomic E-state index is -0.449. The number of aryl methyl sites for hydroxylation is 1. The lowest BCUT2D eigenvalue weighted by molar-refractivity contribution is -0.133. The third kappa shape index (κ3) is 3.60. The summed E-state index contributed by atoms with van der Waals surface area (Å²) in [7, 11) is 1.92. The molecule has 6 heteroatoms. The molecule has 0 saturated carbocycles. The minimum Gasteiger partial charge on any atom is -0.348 e. The fourth-order valence-corrected chi connectivity index (χ4v) is 3.81. The van der Waals surface area contributed by atoms with Crippen LogP contribution in [0.5, 0.6) is 0 Å². The highest BCUT2D eigenvalue weighted by Gasteiger charge is 2.28. The highest BCUT2D eigenvalue weighted by Crippen LogP contribution is 2.22. The van der Waals surface area contributed by atoms with Gasteiger partial charge in [0.15, 0.2) is 0 Å². The van der Waals surface area contributed by atoms with Gasteiger partial charge < -0.3 is 20.5 Å². The molecule has 3 N–H and O–H groups in total. The van der Waals surface area contributed by atoms with E-state index in [0.717, 1.165) is 23.7 Å². The number of rotatable bonds is 4. The van der Waals surface area contributed by atoms with Gasteiger partial charge >= 0.3 is 0 Å². The lowest BCUT2D eigenvalue weighted by Crippen LogP contribution is -2.49. The maximum atomic E-state index is 12.7. The zero-order valence-electron chi connectivity index (χ0n) is 15.7. The maximum Gasteiger partial charge on any atom is 0.268 e. The summed E-state index contributed by atoms with van der Waals surface area (Å²) in [6.07, 6.45) is 1.77. The van der Waals surface area contributed by atoms with Gasteiger partial charge in [0.1, 0.15) is 5.69 Å². The van der Waals surface area contributed by atoms with Crippen LogP contribution < -0.4 is 11.1 Å². The Bertz CT molecular complexity index is 803. The fourth-order valence-electron chi connectivity index (χ4n) is 3.81. The molecule has 1 aliphatic rings. The van der Waals surface area contributed by atoms with Crippen LogP contribution in [0.15, 0.2) is 30.3 Å². The normalized spacial score (nSPS) is 17.9. The van der Waals surface area contributed by atoms with E-state index in [2.05, 4.69) is 5.32 Å². The van der Waals surface area contributed by atoms with E-state index >= 15 is 0 Å². The SMILES string of the molecule is CC(N)C(=O)N1CCC(C(C)NC(=O)c2cc3ccccc3n2C)CC1. The molecule has 0 bridgehead atoms. The predicted octanol–water partition coefficient (Wildman–Crippen LogP) is 1.88. The van der Waals surface area contributed by atoms with Gasteiger partial charge in [-0.05, 0) is 44.7 Å². The van der Waals surface area contributed by atoms with Gasteiger partial charge in [-0.3, -0.25) is 9.59 Å². The monoisotopic (exact) mass is 356 g/mol. The second kappa shape index (κ2) is 7.50. The van der Waals surface area contributed by atoms with Crippen molar-refractivity contribution in [3.8, 4) is 0 Å². The van der Waals surface area contributed by atoms with E-state index in [1.54, 1.807) is 6.92 Å². The molecule has 2 aromatic rings. The van der Waals surface area contributed by atoms with Crippen molar-refractivity contribution in [2.24, 2.45) is 18.7 Å². The number of para-hydroxylation sites is 1.